The van der Waals surface area contributed by atoms with E-state index in [1.54, 1.807) is 14.2 Å². The van der Waals surface area contributed by atoms with E-state index in [9.17, 15) is 0 Å². The van der Waals surface area contributed by atoms with E-state index in [1.807, 2.05) is 62.8 Å². The molecule has 0 aliphatic rings. The van der Waals surface area contributed by atoms with Gasteiger partial charge in [-0.1, -0.05) is 48.0 Å². The van der Waals surface area contributed by atoms with E-state index in [4.69, 9.17) is 31.0 Å². The molecule has 4 aromatic rings. The number of halogens is 1. The van der Waals surface area contributed by atoms with Crippen LogP contribution in [0.5, 0.6) is 11.6 Å². The maximum atomic E-state index is 7.01. The van der Waals surface area contributed by atoms with Crippen LogP contribution in [0.25, 0.3) is 33.6 Å². The lowest BCUT2D eigenvalue weighted by molar-refractivity contribution is 0.392. The van der Waals surface area contributed by atoms with Crippen molar-refractivity contribution in [3.05, 3.63) is 82.5 Å². The van der Waals surface area contributed by atoms with Gasteiger partial charge in [0.2, 0.25) is 5.88 Å². The fraction of sp³-hybridized carbons (Fsp3) is 0.241. The molecule has 0 radical (unpaired) electrons. The first-order valence-electron chi connectivity index (χ1n) is 11.8. The van der Waals surface area contributed by atoms with Crippen molar-refractivity contribution in [2.75, 3.05) is 28.3 Å². The summed E-state index contributed by atoms with van der Waals surface area (Å²) in [5, 5.41) is 6.95. The first-order valence-corrected chi connectivity index (χ1v) is 12.1. The molecule has 0 atom stereocenters. The molecule has 0 unspecified atom stereocenters. The summed E-state index contributed by atoms with van der Waals surface area (Å²) in [5.41, 5.74) is 8.55. The molecule has 0 saturated carbocycles. The van der Waals surface area contributed by atoms with Crippen LogP contribution in [0.2, 0.25) is 5.02 Å². The predicted molar refractivity (Wildman–Crippen MR) is 147 cm³/mol. The molecule has 2 heterocycles. The smallest absolute Gasteiger partial charge is 0.218 e. The highest BCUT2D eigenvalue weighted by molar-refractivity contribution is 6.36. The molecule has 2 aromatic carbocycles. The third-order valence-corrected chi connectivity index (χ3v) is 6.60. The molecule has 4 rings (SSSR count). The van der Waals surface area contributed by atoms with Crippen LogP contribution in [-0.4, -0.2) is 38.3 Å². The molecule has 0 amide bonds. The molecule has 0 saturated heterocycles. The molecule has 0 spiro atoms. The first kappa shape index (κ1) is 25.6. The highest BCUT2D eigenvalue weighted by Gasteiger charge is 2.17. The number of pyridine rings is 2. The lowest BCUT2D eigenvalue weighted by Gasteiger charge is -2.16. The Labute approximate surface area is 217 Å². The van der Waals surface area contributed by atoms with Gasteiger partial charge < -0.3 is 20.1 Å². The summed E-state index contributed by atoms with van der Waals surface area (Å²) >= 11 is 7.01. The Bertz CT molecular complexity index is 1270. The van der Waals surface area contributed by atoms with Crippen LogP contribution in [-0.2, 0) is 13.1 Å². The molecule has 6 nitrogen and oxygen atoms in total. The molecular weight excluding hydrogens is 472 g/mol. The zero-order valence-electron chi connectivity index (χ0n) is 21.3. The van der Waals surface area contributed by atoms with Crippen LogP contribution in [0.4, 0.5) is 0 Å². The summed E-state index contributed by atoms with van der Waals surface area (Å²) in [7, 11) is 7.13. The summed E-state index contributed by atoms with van der Waals surface area (Å²) in [6.45, 7) is 3.47. The first-order chi connectivity index (χ1) is 17.5. The van der Waals surface area contributed by atoms with Crippen molar-refractivity contribution in [2.45, 2.75) is 20.0 Å². The third-order valence-electron chi connectivity index (χ3n) is 6.20. The van der Waals surface area contributed by atoms with Crippen molar-refractivity contribution < 1.29 is 9.47 Å². The molecule has 0 fully saturated rings. The van der Waals surface area contributed by atoms with Crippen LogP contribution < -0.4 is 20.1 Å². The van der Waals surface area contributed by atoms with E-state index in [-0.39, 0.29) is 0 Å². The van der Waals surface area contributed by atoms with Crippen LogP contribution >= 0.6 is 11.6 Å². The van der Waals surface area contributed by atoms with Gasteiger partial charge in [0.1, 0.15) is 5.75 Å². The number of ether oxygens (including phenoxy) is 2. The maximum absolute atomic E-state index is 7.01. The number of rotatable bonds is 9. The average molecular weight is 503 g/mol. The third kappa shape index (κ3) is 5.07. The van der Waals surface area contributed by atoms with Gasteiger partial charge in [0.15, 0.2) is 0 Å². The highest BCUT2D eigenvalue weighted by Crippen LogP contribution is 2.40. The number of nitrogens with one attached hydrogen (secondary N) is 2. The Morgan fingerprint density at radius 2 is 1.56 bits per heavy atom. The van der Waals surface area contributed by atoms with E-state index in [0.717, 1.165) is 62.6 Å². The summed E-state index contributed by atoms with van der Waals surface area (Å²) in [5.74, 6) is 1.41. The SMILES string of the molecule is CNCc1ccc(-c2nccc(-c3cccc(-c4ccc(CNC)c(OC)n4)c3Cl)c2C)cc1OC. The van der Waals surface area contributed by atoms with E-state index in [0.29, 0.717) is 17.4 Å². The Morgan fingerprint density at radius 1 is 0.833 bits per heavy atom. The molecule has 0 bridgehead atoms. The normalized spacial score (nSPS) is 10.9. The summed E-state index contributed by atoms with van der Waals surface area (Å²) in [6.07, 6.45) is 1.82. The number of hydrogen-bond donors (Lipinski definition) is 2. The van der Waals surface area contributed by atoms with Crippen molar-refractivity contribution in [1.29, 1.82) is 0 Å². The van der Waals surface area contributed by atoms with Crippen LogP contribution in [0.15, 0.2) is 60.8 Å². The lowest BCUT2D eigenvalue weighted by Crippen LogP contribution is -2.07. The highest BCUT2D eigenvalue weighted by atomic mass is 35.5. The number of nitrogens with zero attached hydrogens (tertiary/aromatic N) is 2. The molecule has 186 valence electrons. The van der Waals surface area contributed by atoms with Gasteiger partial charge in [0, 0.05) is 47.1 Å². The van der Waals surface area contributed by atoms with Crippen LogP contribution in [0, 0.1) is 6.92 Å². The van der Waals surface area contributed by atoms with E-state index in [2.05, 4.69) is 29.7 Å². The van der Waals surface area contributed by atoms with E-state index >= 15 is 0 Å². The van der Waals surface area contributed by atoms with Gasteiger partial charge >= 0.3 is 0 Å². The molecule has 36 heavy (non-hydrogen) atoms. The van der Waals surface area contributed by atoms with Crippen LogP contribution in [0.3, 0.4) is 0 Å². The summed E-state index contributed by atoms with van der Waals surface area (Å²) in [6, 6.07) is 18.2. The molecule has 2 N–H and O–H groups in total. The monoisotopic (exact) mass is 502 g/mol. The van der Waals surface area contributed by atoms with Gasteiger partial charge in [0.25, 0.3) is 0 Å². The van der Waals surface area contributed by atoms with Gasteiger partial charge in [-0.15, -0.1) is 0 Å². The van der Waals surface area contributed by atoms with Crippen molar-refractivity contribution in [1.82, 2.24) is 20.6 Å². The Morgan fingerprint density at radius 3 is 2.28 bits per heavy atom. The molecule has 2 aromatic heterocycles. The van der Waals surface area contributed by atoms with Crippen molar-refractivity contribution in [3.63, 3.8) is 0 Å². The van der Waals surface area contributed by atoms with Gasteiger partial charge in [-0.2, -0.15) is 0 Å². The quantitative estimate of drug-likeness (QED) is 0.297. The maximum Gasteiger partial charge on any atom is 0.218 e. The second-order valence-corrected chi connectivity index (χ2v) is 8.83. The van der Waals surface area contributed by atoms with Crippen molar-refractivity contribution in [2.24, 2.45) is 0 Å². The minimum atomic E-state index is 0.585. The van der Waals surface area contributed by atoms with E-state index < -0.39 is 0 Å². The van der Waals surface area contributed by atoms with Crippen molar-refractivity contribution in [3.8, 4) is 45.3 Å². The summed E-state index contributed by atoms with van der Waals surface area (Å²) < 4.78 is 11.2. The Hall–Kier alpha value is -3.45. The van der Waals surface area contributed by atoms with Crippen molar-refractivity contribution >= 4 is 11.6 Å². The minimum Gasteiger partial charge on any atom is -0.496 e. The predicted octanol–water partition coefficient (Wildman–Crippen LogP) is 5.90. The summed E-state index contributed by atoms with van der Waals surface area (Å²) in [4.78, 5) is 9.42. The van der Waals surface area contributed by atoms with Crippen LogP contribution in [0.1, 0.15) is 16.7 Å². The Balaban J connectivity index is 1.78. The lowest BCUT2D eigenvalue weighted by atomic mass is 9.94. The van der Waals surface area contributed by atoms with Gasteiger partial charge in [-0.05, 0) is 50.3 Å². The zero-order valence-corrected chi connectivity index (χ0v) is 22.0. The topological polar surface area (TPSA) is 68.3 Å². The number of methoxy groups -OCH3 is 2. The fourth-order valence-corrected chi connectivity index (χ4v) is 4.73. The van der Waals surface area contributed by atoms with Gasteiger partial charge in [-0.3, -0.25) is 4.98 Å². The molecular formula is C29H31ClN4O2. The number of hydrogen-bond acceptors (Lipinski definition) is 6. The minimum absolute atomic E-state index is 0.585. The average Bonchev–Trinajstić information content (AvgIpc) is 2.90. The standard InChI is InChI=1S/C29H31ClN4O2/c1-18-22(13-14-33-28(18)19-9-10-20(16-31-2)26(15-19)35-4)23-7-6-8-24(27(23)30)25-12-11-21(17-32-3)29(34-25)36-5/h6-15,31-32H,16-17H2,1-5H3. The molecule has 0 aliphatic carbocycles. The number of aromatic nitrogens is 2. The second kappa shape index (κ2) is 11.5. The molecule has 7 heteroatoms. The second-order valence-electron chi connectivity index (χ2n) is 8.45. The zero-order chi connectivity index (χ0) is 25.7. The van der Waals surface area contributed by atoms with Gasteiger partial charge in [0.05, 0.1) is 30.6 Å². The fourth-order valence-electron chi connectivity index (χ4n) is 4.41. The molecule has 0 aliphatic heterocycles. The van der Waals surface area contributed by atoms with Gasteiger partial charge in [-0.25, -0.2) is 4.98 Å². The Kier molecular flexibility index (Phi) is 8.21. The largest absolute Gasteiger partial charge is 0.496 e. The van der Waals surface area contributed by atoms with E-state index in [1.165, 1.54) is 0 Å². The number of benzene rings is 2.